The van der Waals surface area contributed by atoms with Gasteiger partial charge in [0.05, 0.1) is 5.69 Å². The van der Waals surface area contributed by atoms with Crippen LogP contribution in [-0.2, 0) is 0 Å². The Hall–Kier alpha value is -1.60. The first-order valence-electron chi connectivity index (χ1n) is 6.70. The van der Waals surface area contributed by atoms with Crippen molar-refractivity contribution >= 4 is 40.0 Å². The Morgan fingerprint density at radius 2 is 1.71 bits per heavy atom. The summed E-state index contributed by atoms with van der Waals surface area (Å²) in [6.07, 6.45) is 0. The predicted octanol–water partition coefficient (Wildman–Crippen LogP) is 4.22. The summed E-state index contributed by atoms with van der Waals surface area (Å²) in [5.74, 6) is 0. The van der Waals surface area contributed by atoms with Crippen LogP contribution in [0.1, 0.15) is 18.5 Å². The molecule has 0 radical (unpaired) electrons. The van der Waals surface area contributed by atoms with Crippen LogP contribution in [0.3, 0.4) is 0 Å². The SMILES string of the molecule is CNC(C)c1ccc(NC(=O)Nc2ccccc2I)cc1. The Labute approximate surface area is 138 Å². The molecule has 21 heavy (non-hydrogen) atoms. The van der Waals surface area contributed by atoms with Crippen molar-refractivity contribution in [2.75, 3.05) is 17.7 Å². The first-order valence-corrected chi connectivity index (χ1v) is 7.78. The molecule has 2 aromatic carbocycles. The molecule has 0 spiro atoms. The van der Waals surface area contributed by atoms with Crippen LogP contribution in [0.4, 0.5) is 16.2 Å². The Bertz CT molecular complexity index is 613. The van der Waals surface area contributed by atoms with E-state index in [1.165, 1.54) is 5.56 Å². The van der Waals surface area contributed by atoms with Crippen molar-refractivity contribution in [3.05, 3.63) is 57.7 Å². The second-order valence-electron chi connectivity index (χ2n) is 4.69. The van der Waals surface area contributed by atoms with Gasteiger partial charge in [-0.05, 0) is 66.4 Å². The number of urea groups is 1. The number of hydrogen-bond donors (Lipinski definition) is 3. The second-order valence-corrected chi connectivity index (χ2v) is 5.85. The van der Waals surface area contributed by atoms with Gasteiger partial charge in [0, 0.05) is 15.3 Å². The molecule has 0 aliphatic heterocycles. The van der Waals surface area contributed by atoms with Gasteiger partial charge in [-0.15, -0.1) is 0 Å². The molecule has 0 saturated heterocycles. The lowest BCUT2D eigenvalue weighted by Gasteiger charge is -2.12. The summed E-state index contributed by atoms with van der Waals surface area (Å²) in [5, 5.41) is 8.85. The smallest absolute Gasteiger partial charge is 0.313 e. The molecule has 0 fully saturated rings. The summed E-state index contributed by atoms with van der Waals surface area (Å²) in [6.45, 7) is 2.09. The van der Waals surface area contributed by atoms with E-state index >= 15 is 0 Å². The maximum atomic E-state index is 12.0. The van der Waals surface area contributed by atoms with Crippen LogP contribution in [0, 0.1) is 3.57 Å². The highest BCUT2D eigenvalue weighted by molar-refractivity contribution is 14.1. The Morgan fingerprint density at radius 1 is 1.05 bits per heavy atom. The van der Waals surface area contributed by atoms with E-state index < -0.39 is 0 Å². The zero-order valence-corrected chi connectivity index (χ0v) is 14.1. The molecule has 0 aliphatic rings. The van der Waals surface area contributed by atoms with Gasteiger partial charge in [-0.2, -0.15) is 0 Å². The summed E-state index contributed by atoms with van der Waals surface area (Å²) >= 11 is 2.19. The van der Waals surface area contributed by atoms with Gasteiger partial charge in [0.1, 0.15) is 0 Å². The van der Waals surface area contributed by atoms with Crippen molar-refractivity contribution < 1.29 is 4.79 Å². The van der Waals surface area contributed by atoms with Crippen molar-refractivity contribution in [1.82, 2.24) is 5.32 Å². The molecule has 3 N–H and O–H groups in total. The van der Waals surface area contributed by atoms with Gasteiger partial charge in [-0.25, -0.2) is 4.79 Å². The van der Waals surface area contributed by atoms with E-state index in [-0.39, 0.29) is 6.03 Å². The van der Waals surface area contributed by atoms with Crippen LogP contribution < -0.4 is 16.0 Å². The van der Waals surface area contributed by atoms with Gasteiger partial charge in [-0.3, -0.25) is 0 Å². The highest BCUT2D eigenvalue weighted by Gasteiger charge is 2.06. The van der Waals surface area contributed by atoms with Crippen LogP contribution in [0.5, 0.6) is 0 Å². The van der Waals surface area contributed by atoms with E-state index in [4.69, 9.17) is 0 Å². The zero-order chi connectivity index (χ0) is 15.2. The summed E-state index contributed by atoms with van der Waals surface area (Å²) in [5.41, 5.74) is 2.75. The summed E-state index contributed by atoms with van der Waals surface area (Å²) in [4.78, 5) is 12.0. The van der Waals surface area contributed by atoms with E-state index in [2.05, 4.69) is 45.5 Å². The number of rotatable bonds is 4. The topological polar surface area (TPSA) is 53.2 Å². The molecule has 2 aromatic rings. The van der Waals surface area contributed by atoms with E-state index in [1.54, 1.807) is 0 Å². The molecule has 0 bridgehead atoms. The number of carbonyl (C=O) groups excluding carboxylic acids is 1. The average molecular weight is 395 g/mol. The number of anilines is 2. The fourth-order valence-electron chi connectivity index (χ4n) is 1.87. The molecule has 2 rings (SSSR count). The number of halogens is 1. The molecular weight excluding hydrogens is 377 g/mol. The molecule has 2 amide bonds. The molecule has 0 heterocycles. The second kappa shape index (κ2) is 7.42. The molecule has 5 heteroatoms. The third kappa shape index (κ3) is 4.44. The molecule has 0 aromatic heterocycles. The minimum atomic E-state index is -0.242. The number of benzene rings is 2. The molecule has 1 unspecified atom stereocenters. The standard InChI is InChI=1S/C16H18IN3O/c1-11(18-2)12-7-9-13(10-8-12)19-16(21)20-15-6-4-3-5-14(15)17/h3-11,18H,1-2H3,(H2,19,20,21). The third-order valence-electron chi connectivity index (χ3n) is 3.22. The van der Waals surface area contributed by atoms with Crippen molar-refractivity contribution in [2.45, 2.75) is 13.0 Å². The molecular formula is C16H18IN3O. The molecule has 0 saturated carbocycles. The van der Waals surface area contributed by atoms with Crippen molar-refractivity contribution in [3.8, 4) is 0 Å². The third-order valence-corrected chi connectivity index (χ3v) is 4.16. The van der Waals surface area contributed by atoms with Crippen molar-refractivity contribution in [2.24, 2.45) is 0 Å². The first kappa shape index (κ1) is 15.8. The van der Waals surface area contributed by atoms with Gasteiger partial charge in [-0.1, -0.05) is 24.3 Å². The maximum Gasteiger partial charge on any atom is 0.323 e. The number of nitrogens with one attached hydrogen (secondary N) is 3. The van der Waals surface area contributed by atoms with Crippen LogP contribution in [0.15, 0.2) is 48.5 Å². The minimum absolute atomic E-state index is 0.242. The molecule has 1 atom stereocenters. The predicted molar refractivity (Wildman–Crippen MR) is 95.7 cm³/mol. The number of amides is 2. The largest absolute Gasteiger partial charge is 0.323 e. The average Bonchev–Trinajstić information content (AvgIpc) is 2.49. The Balaban J connectivity index is 1.98. The van der Waals surface area contributed by atoms with Gasteiger partial charge < -0.3 is 16.0 Å². The number of hydrogen-bond acceptors (Lipinski definition) is 2. The van der Waals surface area contributed by atoms with Gasteiger partial charge in [0.15, 0.2) is 0 Å². The van der Waals surface area contributed by atoms with Crippen LogP contribution >= 0.6 is 22.6 Å². The Kier molecular flexibility index (Phi) is 5.58. The maximum absolute atomic E-state index is 12.0. The summed E-state index contributed by atoms with van der Waals surface area (Å²) in [7, 11) is 1.92. The Morgan fingerprint density at radius 3 is 2.33 bits per heavy atom. The van der Waals surface area contributed by atoms with Crippen molar-refractivity contribution in [3.63, 3.8) is 0 Å². The first-order chi connectivity index (χ1) is 10.1. The normalized spacial score (nSPS) is 11.8. The fourth-order valence-corrected chi connectivity index (χ4v) is 2.39. The highest BCUT2D eigenvalue weighted by Crippen LogP contribution is 2.18. The quantitative estimate of drug-likeness (QED) is 0.680. The zero-order valence-electron chi connectivity index (χ0n) is 12.0. The van der Waals surface area contributed by atoms with E-state index in [1.807, 2.05) is 55.6 Å². The van der Waals surface area contributed by atoms with Crippen LogP contribution in [-0.4, -0.2) is 13.1 Å². The lowest BCUT2D eigenvalue weighted by Crippen LogP contribution is -2.20. The molecule has 4 nitrogen and oxygen atoms in total. The van der Waals surface area contributed by atoms with Crippen LogP contribution in [0.25, 0.3) is 0 Å². The van der Waals surface area contributed by atoms with Gasteiger partial charge in [0.2, 0.25) is 0 Å². The van der Waals surface area contributed by atoms with E-state index in [0.717, 1.165) is 14.9 Å². The molecule has 0 aliphatic carbocycles. The van der Waals surface area contributed by atoms with Crippen molar-refractivity contribution in [1.29, 1.82) is 0 Å². The minimum Gasteiger partial charge on any atom is -0.313 e. The van der Waals surface area contributed by atoms with Gasteiger partial charge in [0.25, 0.3) is 0 Å². The van der Waals surface area contributed by atoms with E-state index in [0.29, 0.717) is 6.04 Å². The molecule has 110 valence electrons. The monoisotopic (exact) mass is 395 g/mol. The number of para-hydroxylation sites is 1. The summed E-state index contributed by atoms with van der Waals surface area (Å²) < 4.78 is 1.00. The summed E-state index contributed by atoms with van der Waals surface area (Å²) in [6, 6.07) is 15.5. The fraction of sp³-hybridized carbons (Fsp3) is 0.188. The van der Waals surface area contributed by atoms with Crippen LogP contribution in [0.2, 0.25) is 0 Å². The van der Waals surface area contributed by atoms with E-state index in [9.17, 15) is 4.79 Å². The lowest BCUT2D eigenvalue weighted by atomic mass is 10.1. The highest BCUT2D eigenvalue weighted by atomic mass is 127. The van der Waals surface area contributed by atoms with Gasteiger partial charge >= 0.3 is 6.03 Å². The number of carbonyl (C=O) groups is 1. The lowest BCUT2D eigenvalue weighted by molar-refractivity contribution is 0.262.